The molecule has 0 bridgehead atoms. The summed E-state index contributed by atoms with van der Waals surface area (Å²) in [5.74, 6) is -0.321. The number of benzene rings is 2. The summed E-state index contributed by atoms with van der Waals surface area (Å²) < 4.78 is 5.18. The van der Waals surface area contributed by atoms with Gasteiger partial charge in [0.05, 0.1) is 23.5 Å². The van der Waals surface area contributed by atoms with Crippen LogP contribution in [0.4, 0.5) is 11.4 Å². The van der Waals surface area contributed by atoms with Crippen LogP contribution >= 0.6 is 0 Å². The fraction of sp³-hybridized carbons (Fsp3) is 0.300. The van der Waals surface area contributed by atoms with Crippen LogP contribution in [0.15, 0.2) is 53.5 Å². The standard InChI is InChI=1S/C20H24N2O2/c1-4-15(3)22-19-16(14-21-17-11-7-6-8-12-17)10-9-13-18(19)20(23)24-5-2/h6-15,22H,4-5H2,1-3H3. The van der Waals surface area contributed by atoms with Crippen molar-refractivity contribution in [1.29, 1.82) is 0 Å². The first-order valence-electron chi connectivity index (χ1n) is 8.31. The first-order chi connectivity index (χ1) is 11.7. The van der Waals surface area contributed by atoms with Crippen molar-refractivity contribution in [3.05, 3.63) is 59.7 Å². The third kappa shape index (κ3) is 4.69. The van der Waals surface area contributed by atoms with Gasteiger partial charge in [0.25, 0.3) is 0 Å². The maximum Gasteiger partial charge on any atom is 0.340 e. The number of ether oxygens (including phenoxy) is 1. The molecular weight excluding hydrogens is 300 g/mol. The Kier molecular flexibility index (Phi) is 6.55. The Morgan fingerprint density at radius 1 is 1.17 bits per heavy atom. The molecule has 4 nitrogen and oxygen atoms in total. The summed E-state index contributed by atoms with van der Waals surface area (Å²) in [5, 5.41) is 3.41. The van der Waals surface area contributed by atoms with Crippen molar-refractivity contribution in [3.8, 4) is 0 Å². The lowest BCUT2D eigenvalue weighted by Gasteiger charge is -2.18. The van der Waals surface area contributed by atoms with Crippen molar-refractivity contribution in [1.82, 2.24) is 0 Å². The third-order valence-electron chi connectivity index (χ3n) is 3.70. The van der Waals surface area contributed by atoms with Crippen molar-refractivity contribution in [2.24, 2.45) is 4.99 Å². The van der Waals surface area contributed by atoms with Crippen LogP contribution < -0.4 is 5.32 Å². The third-order valence-corrected chi connectivity index (χ3v) is 3.70. The van der Waals surface area contributed by atoms with Crippen molar-refractivity contribution in [2.45, 2.75) is 33.2 Å². The summed E-state index contributed by atoms with van der Waals surface area (Å²) in [6, 6.07) is 15.5. The molecule has 0 radical (unpaired) electrons. The predicted octanol–water partition coefficient (Wildman–Crippen LogP) is 4.82. The number of nitrogens with one attached hydrogen (secondary N) is 1. The molecule has 4 heteroatoms. The number of anilines is 1. The maximum atomic E-state index is 12.3. The summed E-state index contributed by atoms with van der Waals surface area (Å²) in [7, 11) is 0. The van der Waals surface area contributed by atoms with Gasteiger partial charge < -0.3 is 10.1 Å². The van der Waals surface area contributed by atoms with E-state index in [9.17, 15) is 4.79 Å². The van der Waals surface area contributed by atoms with Crippen LogP contribution in [0.2, 0.25) is 0 Å². The molecule has 2 rings (SSSR count). The number of para-hydroxylation sites is 2. The number of carbonyl (C=O) groups excluding carboxylic acids is 1. The SMILES string of the molecule is CCOC(=O)c1cccc(C=Nc2ccccc2)c1NC(C)CC. The van der Waals surface area contributed by atoms with Gasteiger partial charge >= 0.3 is 5.97 Å². The number of carbonyl (C=O) groups is 1. The minimum atomic E-state index is -0.321. The van der Waals surface area contributed by atoms with Crippen LogP contribution in [0.3, 0.4) is 0 Å². The molecule has 0 saturated heterocycles. The Morgan fingerprint density at radius 2 is 1.92 bits per heavy atom. The fourth-order valence-electron chi connectivity index (χ4n) is 2.22. The zero-order valence-electron chi connectivity index (χ0n) is 14.5. The van der Waals surface area contributed by atoms with Gasteiger partial charge in [0.2, 0.25) is 0 Å². The fourth-order valence-corrected chi connectivity index (χ4v) is 2.22. The Hall–Kier alpha value is -2.62. The van der Waals surface area contributed by atoms with Gasteiger partial charge in [-0.2, -0.15) is 0 Å². The monoisotopic (exact) mass is 324 g/mol. The Balaban J connectivity index is 2.40. The normalized spacial score (nSPS) is 12.1. The molecular formula is C20H24N2O2. The maximum absolute atomic E-state index is 12.3. The lowest BCUT2D eigenvalue weighted by atomic mass is 10.1. The number of aliphatic imine (C=N–C) groups is 1. The molecule has 2 aromatic rings. The second kappa shape index (κ2) is 8.87. The Labute approximate surface area is 143 Å². The Bertz CT molecular complexity index is 696. The summed E-state index contributed by atoms with van der Waals surface area (Å²) in [4.78, 5) is 16.8. The molecule has 1 unspecified atom stereocenters. The predicted molar refractivity (Wildman–Crippen MR) is 99.5 cm³/mol. The molecule has 0 spiro atoms. The van der Waals surface area contributed by atoms with Gasteiger partial charge in [-0.1, -0.05) is 37.3 Å². The summed E-state index contributed by atoms with van der Waals surface area (Å²) in [6.07, 6.45) is 2.73. The van der Waals surface area contributed by atoms with Crippen molar-refractivity contribution >= 4 is 23.6 Å². The number of hydrogen-bond donors (Lipinski definition) is 1. The minimum absolute atomic E-state index is 0.240. The van der Waals surface area contributed by atoms with Gasteiger partial charge in [0.15, 0.2) is 0 Å². The molecule has 0 aliphatic rings. The van der Waals surface area contributed by atoms with Gasteiger partial charge in [0, 0.05) is 17.8 Å². The van der Waals surface area contributed by atoms with E-state index in [1.807, 2.05) is 42.5 Å². The molecule has 0 aromatic heterocycles. The second-order valence-electron chi connectivity index (χ2n) is 5.54. The highest BCUT2D eigenvalue weighted by Gasteiger charge is 2.16. The first-order valence-corrected chi connectivity index (χ1v) is 8.31. The largest absolute Gasteiger partial charge is 0.462 e. The van der Waals surface area contributed by atoms with Crippen LogP contribution in [0.25, 0.3) is 0 Å². The van der Waals surface area contributed by atoms with E-state index in [0.717, 1.165) is 23.4 Å². The molecule has 24 heavy (non-hydrogen) atoms. The quantitative estimate of drug-likeness (QED) is 0.586. The van der Waals surface area contributed by atoms with Gasteiger partial charge in [-0.3, -0.25) is 4.99 Å². The number of hydrogen-bond acceptors (Lipinski definition) is 4. The smallest absolute Gasteiger partial charge is 0.340 e. The van der Waals surface area contributed by atoms with E-state index < -0.39 is 0 Å². The highest BCUT2D eigenvalue weighted by Crippen LogP contribution is 2.23. The second-order valence-corrected chi connectivity index (χ2v) is 5.54. The average Bonchev–Trinajstić information content (AvgIpc) is 2.61. The van der Waals surface area contributed by atoms with Crippen LogP contribution in [0.5, 0.6) is 0 Å². The van der Waals surface area contributed by atoms with E-state index in [2.05, 4.69) is 24.2 Å². The van der Waals surface area contributed by atoms with Crippen LogP contribution in [0, 0.1) is 0 Å². The summed E-state index contributed by atoms with van der Waals surface area (Å²) in [6.45, 7) is 6.34. The number of nitrogens with zero attached hydrogens (tertiary/aromatic N) is 1. The summed E-state index contributed by atoms with van der Waals surface area (Å²) in [5.41, 5.74) is 3.04. The first kappa shape index (κ1) is 17.7. The van der Waals surface area contributed by atoms with Gasteiger partial charge in [-0.25, -0.2) is 4.79 Å². The lowest BCUT2D eigenvalue weighted by molar-refractivity contribution is 0.0527. The molecule has 0 heterocycles. The van der Waals surface area contributed by atoms with Crippen LogP contribution in [-0.4, -0.2) is 24.8 Å². The van der Waals surface area contributed by atoms with Crippen LogP contribution in [0.1, 0.15) is 43.1 Å². The van der Waals surface area contributed by atoms with Crippen molar-refractivity contribution < 1.29 is 9.53 Å². The van der Waals surface area contributed by atoms with E-state index in [1.165, 1.54) is 0 Å². The molecule has 0 saturated carbocycles. The summed E-state index contributed by atoms with van der Waals surface area (Å²) >= 11 is 0. The van der Waals surface area contributed by atoms with Gasteiger partial charge in [-0.05, 0) is 38.5 Å². The molecule has 0 fully saturated rings. The average molecular weight is 324 g/mol. The molecule has 1 N–H and O–H groups in total. The molecule has 0 amide bonds. The molecule has 126 valence electrons. The van der Waals surface area contributed by atoms with Gasteiger partial charge in [-0.15, -0.1) is 0 Å². The Morgan fingerprint density at radius 3 is 2.58 bits per heavy atom. The molecule has 0 aliphatic heterocycles. The zero-order valence-corrected chi connectivity index (χ0v) is 14.5. The number of esters is 1. The minimum Gasteiger partial charge on any atom is -0.462 e. The topological polar surface area (TPSA) is 50.7 Å². The molecule has 1 atom stereocenters. The van der Waals surface area contributed by atoms with Crippen molar-refractivity contribution in [3.63, 3.8) is 0 Å². The van der Waals surface area contributed by atoms with E-state index in [1.54, 1.807) is 19.2 Å². The van der Waals surface area contributed by atoms with Crippen molar-refractivity contribution in [2.75, 3.05) is 11.9 Å². The lowest BCUT2D eigenvalue weighted by Crippen LogP contribution is -2.18. The number of rotatable bonds is 7. The highest BCUT2D eigenvalue weighted by molar-refractivity contribution is 6.02. The van der Waals surface area contributed by atoms with E-state index in [-0.39, 0.29) is 12.0 Å². The van der Waals surface area contributed by atoms with E-state index in [0.29, 0.717) is 12.2 Å². The van der Waals surface area contributed by atoms with E-state index in [4.69, 9.17) is 4.74 Å². The van der Waals surface area contributed by atoms with Crippen LogP contribution in [-0.2, 0) is 4.74 Å². The van der Waals surface area contributed by atoms with E-state index >= 15 is 0 Å². The molecule has 2 aromatic carbocycles. The molecule has 0 aliphatic carbocycles. The zero-order chi connectivity index (χ0) is 17.4. The highest BCUT2D eigenvalue weighted by atomic mass is 16.5. The van der Waals surface area contributed by atoms with Gasteiger partial charge in [0.1, 0.15) is 0 Å².